The number of hydrogen-bond donors (Lipinski definition) is 2. The smallest absolute Gasteiger partial charge is 0.225 e. The summed E-state index contributed by atoms with van der Waals surface area (Å²) in [6, 6.07) is 25.2. The molecule has 0 aliphatic carbocycles. The lowest BCUT2D eigenvalue weighted by atomic mass is 9.88. The van der Waals surface area contributed by atoms with Gasteiger partial charge in [-0.25, -0.2) is 0 Å². The second-order valence-corrected chi connectivity index (χ2v) is 6.15. The van der Waals surface area contributed by atoms with E-state index in [1.165, 1.54) is 0 Å². The largest absolute Gasteiger partial charge is 0.506 e. The van der Waals surface area contributed by atoms with Crippen molar-refractivity contribution in [3.8, 4) is 5.75 Å². The Hall–Kier alpha value is -3.07. The lowest BCUT2D eigenvalue weighted by molar-refractivity contribution is -0.116. The molecule has 2 N–H and O–H groups in total. The van der Waals surface area contributed by atoms with Crippen LogP contribution in [0.25, 0.3) is 0 Å². The fraction of sp³-hybridized carbons (Fsp3) is 0.136. The molecule has 3 aromatic rings. The van der Waals surface area contributed by atoms with Crippen molar-refractivity contribution in [1.82, 2.24) is 0 Å². The van der Waals surface area contributed by atoms with Gasteiger partial charge in [0.2, 0.25) is 5.91 Å². The van der Waals surface area contributed by atoms with Gasteiger partial charge >= 0.3 is 0 Å². The molecule has 3 heteroatoms. The van der Waals surface area contributed by atoms with Gasteiger partial charge in [0.15, 0.2) is 0 Å². The second kappa shape index (κ2) is 7.67. The van der Waals surface area contributed by atoms with E-state index in [2.05, 4.69) is 5.32 Å². The van der Waals surface area contributed by atoms with Gasteiger partial charge < -0.3 is 10.4 Å². The van der Waals surface area contributed by atoms with Crippen molar-refractivity contribution >= 4 is 11.6 Å². The quantitative estimate of drug-likeness (QED) is 0.656. The molecule has 0 bridgehead atoms. The van der Waals surface area contributed by atoms with Crippen molar-refractivity contribution in [1.29, 1.82) is 0 Å². The molecular formula is C22H21NO2. The van der Waals surface area contributed by atoms with Crippen LogP contribution in [0.4, 0.5) is 5.69 Å². The topological polar surface area (TPSA) is 49.3 Å². The normalized spacial score (nSPS) is 10.6. The first kappa shape index (κ1) is 16.8. The number of carbonyl (C=O) groups is 1. The lowest BCUT2D eigenvalue weighted by Gasteiger charge is -2.18. The van der Waals surface area contributed by atoms with E-state index >= 15 is 0 Å². The number of amides is 1. The number of phenolic OH excluding ortho intramolecular Hbond substituents is 1. The fourth-order valence-corrected chi connectivity index (χ4v) is 2.93. The second-order valence-electron chi connectivity index (χ2n) is 6.15. The maximum atomic E-state index is 12.6. The number of aryl methyl sites for hydroxylation is 1. The molecule has 0 aliphatic heterocycles. The van der Waals surface area contributed by atoms with E-state index in [1.54, 1.807) is 12.1 Å². The lowest BCUT2D eigenvalue weighted by Crippen LogP contribution is -2.16. The number of nitrogens with one attached hydrogen (secondary N) is 1. The van der Waals surface area contributed by atoms with E-state index in [1.807, 2.05) is 73.7 Å². The summed E-state index contributed by atoms with van der Waals surface area (Å²) in [5.41, 5.74) is 3.58. The number of benzene rings is 3. The Morgan fingerprint density at radius 1 is 0.920 bits per heavy atom. The summed E-state index contributed by atoms with van der Waals surface area (Å²) < 4.78 is 0. The Bertz CT molecular complexity index is 805. The first-order valence-corrected chi connectivity index (χ1v) is 8.33. The summed E-state index contributed by atoms with van der Waals surface area (Å²) in [6.45, 7) is 1.89. The van der Waals surface area contributed by atoms with Crippen LogP contribution in [0.15, 0.2) is 78.9 Å². The summed E-state index contributed by atoms with van der Waals surface area (Å²) in [5.74, 6) is -0.0730. The van der Waals surface area contributed by atoms with Crippen LogP contribution in [-0.2, 0) is 4.79 Å². The molecule has 0 atom stereocenters. The zero-order chi connectivity index (χ0) is 17.6. The molecule has 3 rings (SSSR count). The third-order valence-electron chi connectivity index (χ3n) is 4.22. The van der Waals surface area contributed by atoms with Crippen molar-refractivity contribution in [2.75, 3.05) is 5.32 Å². The molecule has 0 aliphatic rings. The minimum absolute atomic E-state index is 0.0324. The third kappa shape index (κ3) is 4.27. The number of aromatic hydroxyl groups is 1. The molecule has 0 heterocycles. The van der Waals surface area contributed by atoms with Crippen LogP contribution < -0.4 is 5.32 Å². The molecule has 0 fully saturated rings. The van der Waals surface area contributed by atoms with Crippen LogP contribution in [0, 0.1) is 6.92 Å². The minimum atomic E-state index is -0.128. The molecule has 0 unspecified atom stereocenters. The zero-order valence-corrected chi connectivity index (χ0v) is 14.1. The maximum absolute atomic E-state index is 12.6. The molecule has 1 amide bonds. The number of phenols is 1. The van der Waals surface area contributed by atoms with Crippen LogP contribution in [0.2, 0.25) is 0 Å². The Balaban J connectivity index is 1.82. The molecule has 0 radical (unpaired) electrons. The standard InChI is InChI=1S/C22H21NO2/c1-16-12-13-20(21(24)14-16)23-22(25)15-19(17-8-4-2-5-9-17)18-10-6-3-7-11-18/h2-14,19,24H,15H2,1H3,(H,23,25). The van der Waals surface area contributed by atoms with Crippen LogP contribution in [0.5, 0.6) is 5.75 Å². The van der Waals surface area contributed by atoms with Gasteiger partial charge in [0.05, 0.1) is 5.69 Å². The van der Waals surface area contributed by atoms with Gasteiger partial charge in [-0.3, -0.25) is 4.79 Å². The van der Waals surface area contributed by atoms with E-state index in [4.69, 9.17) is 0 Å². The average molecular weight is 331 g/mol. The van der Waals surface area contributed by atoms with E-state index in [0.29, 0.717) is 12.1 Å². The van der Waals surface area contributed by atoms with Crippen molar-refractivity contribution in [3.05, 3.63) is 95.6 Å². The van der Waals surface area contributed by atoms with Gasteiger partial charge in [-0.05, 0) is 35.7 Å². The number of hydrogen-bond acceptors (Lipinski definition) is 2. The summed E-state index contributed by atoms with van der Waals surface area (Å²) >= 11 is 0. The van der Waals surface area contributed by atoms with E-state index in [-0.39, 0.29) is 17.6 Å². The van der Waals surface area contributed by atoms with Crippen LogP contribution >= 0.6 is 0 Å². The molecule has 3 nitrogen and oxygen atoms in total. The molecule has 126 valence electrons. The molecule has 3 aromatic carbocycles. The Morgan fingerprint density at radius 2 is 1.48 bits per heavy atom. The van der Waals surface area contributed by atoms with Crippen molar-refractivity contribution in [2.24, 2.45) is 0 Å². The highest BCUT2D eigenvalue weighted by atomic mass is 16.3. The third-order valence-corrected chi connectivity index (χ3v) is 4.22. The first-order chi connectivity index (χ1) is 12.1. The van der Waals surface area contributed by atoms with E-state index < -0.39 is 0 Å². The maximum Gasteiger partial charge on any atom is 0.225 e. The average Bonchev–Trinajstić information content (AvgIpc) is 2.63. The van der Waals surface area contributed by atoms with Crippen molar-refractivity contribution in [3.63, 3.8) is 0 Å². The fourth-order valence-electron chi connectivity index (χ4n) is 2.93. The molecular weight excluding hydrogens is 310 g/mol. The van der Waals surface area contributed by atoms with Gasteiger partial charge in [-0.2, -0.15) is 0 Å². The Labute approximate surface area is 148 Å². The monoisotopic (exact) mass is 331 g/mol. The molecule has 0 spiro atoms. The predicted molar refractivity (Wildman–Crippen MR) is 101 cm³/mol. The van der Waals surface area contributed by atoms with Crippen LogP contribution in [-0.4, -0.2) is 11.0 Å². The zero-order valence-electron chi connectivity index (χ0n) is 14.1. The summed E-state index contributed by atoms with van der Waals surface area (Å²) in [7, 11) is 0. The van der Waals surface area contributed by atoms with Crippen molar-refractivity contribution < 1.29 is 9.90 Å². The van der Waals surface area contributed by atoms with Gasteiger partial charge in [0, 0.05) is 12.3 Å². The Morgan fingerprint density at radius 3 is 2.00 bits per heavy atom. The van der Waals surface area contributed by atoms with Crippen LogP contribution in [0.3, 0.4) is 0 Å². The number of carbonyl (C=O) groups excluding carboxylic acids is 1. The van der Waals surface area contributed by atoms with Gasteiger partial charge in [-0.15, -0.1) is 0 Å². The SMILES string of the molecule is Cc1ccc(NC(=O)CC(c2ccccc2)c2ccccc2)c(O)c1. The molecule has 0 saturated heterocycles. The highest BCUT2D eigenvalue weighted by Gasteiger charge is 2.18. The van der Waals surface area contributed by atoms with Gasteiger partial charge in [-0.1, -0.05) is 66.7 Å². The molecule has 0 saturated carbocycles. The van der Waals surface area contributed by atoms with Gasteiger partial charge in [0.1, 0.15) is 5.75 Å². The molecule has 25 heavy (non-hydrogen) atoms. The van der Waals surface area contributed by atoms with E-state index in [0.717, 1.165) is 16.7 Å². The summed E-state index contributed by atoms with van der Waals surface area (Å²) in [6.07, 6.45) is 0.307. The first-order valence-electron chi connectivity index (χ1n) is 8.33. The number of anilines is 1. The highest BCUT2D eigenvalue weighted by Crippen LogP contribution is 2.29. The summed E-state index contributed by atoms with van der Waals surface area (Å²) in [4.78, 5) is 12.6. The number of rotatable bonds is 5. The summed E-state index contributed by atoms with van der Waals surface area (Å²) in [5, 5.41) is 12.8. The van der Waals surface area contributed by atoms with Crippen molar-refractivity contribution in [2.45, 2.75) is 19.3 Å². The molecule has 0 aromatic heterocycles. The predicted octanol–water partition coefficient (Wildman–Crippen LogP) is 4.86. The highest BCUT2D eigenvalue weighted by molar-refractivity contribution is 5.93. The van der Waals surface area contributed by atoms with E-state index in [9.17, 15) is 9.90 Å². The Kier molecular flexibility index (Phi) is 5.14. The van der Waals surface area contributed by atoms with Gasteiger partial charge in [0.25, 0.3) is 0 Å². The van der Waals surface area contributed by atoms with Crippen LogP contribution in [0.1, 0.15) is 29.0 Å². The minimum Gasteiger partial charge on any atom is -0.506 e.